The maximum atomic E-state index is 10.7. The Balaban J connectivity index is 2.66. The van der Waals surface area contributed by atoms with Gasteiger partial charge in [-0.15, -0.1) is 0 Å². The number of hydrogen-bond acceptors (Lipinski definition) is 3. The van der Waals surface area contributed by atoms with Crippen LogP contribution in [0.4, 0.5) is 0 Å². The third kappa shape index (κ3) is 1.65. The number of halogens is 1. The summed E-state index contributed by atoms with van der Waals surface area (Å²) in [7, 11) is 0. The molecule has 0 saturated heterocycles. The number of hydrogen-bond donors (Lipinski definition) is 0. The van der Waals surface area contributed by atoms with Gasteiger partial charge in [0.25, 0.3) is 11.8 Å². The summed E-state index contributed by atoms with van der Waals surface area (Å²) in [4.78, 5) is 32.5. The van der Waals surface area contributed by atoms with Gasteiger partial charge >= 0.3 is 0 Å². The van der Waals surface area contributed by atoms with Gasteiger partial charge in [-0.2, -0.15) is 0 Å². The van der Waals surface area contributed by atoms with Crippen molar-refractivity contribution in [3.8, 4) is 0 Å². The normalized spacial score (nSPS) is 16.3. The lowest BCUT2D eigenvalue weighted by atomic mass is 10.5. The second-order valence-corrected chi connectivity index (χ2v) is 2.37. The first-order valence-corrected chi connectivity index (χ1v) is 3.21. The molecule has 0 aromatic heterocycles. The number of carbonyl (C=O) groups is 3. The number of imide groups is 1. The smallest absolute Gasteiger partial charge is 0.254 e. The predicted octanol–water partition coefficient (Wildman–Crippen LogP) is -0.323. The van der Waals surface area contributed by atoms with E-state index in [2.05, 4.69) is 0 Å². The molecule has 0 N–H and O–H groups in total. The average Bonchev–Trinajstić information content (AvgIpc) is 2.18. The van der Waals surface area contributed by atoms with E-state index in [4.69, 9.17) is 11.6 Å². The minimum Gasteiger partial charge on any atom is -0.279 e. The van der Waals surface area contributed by atoms with Gasteiger partial charge in [0.1, 0.15) is 6.54 Å². The van der Waals surface area contributed by atoms with Gasteiger partial charge < -0.3 is 0 Å². The molecule has 0 aliphatic carbocycles. The summed E-state index contributed by atoms with van der Waals surface area (Å²) < 4.78 is 0. The first-order chi connectivity index (χ1) is 5.11. The van der Waals surface area contributed by atoms with Crippen LogP contribution < -0.4 is 0 Å². The number of amides is 2. The van der Waals surface area contributed by atoms with E-state index in [-0.39, 0.29) is 6.54 Å². The Morgan fingerprint density at radius 1 is 1.36 bits per heavy atom. The largest absolute Gasteiger partial charge is 0.279 e. The molecule has 1 aliphatic rings. The van der Waals surface area contributed by atoms with Crippen molar-refractivity contribution in [3.05, 3.63) is 12.2 Å². The molecule has 0 saturated carbocycles. The molecular formula is C6H4ClNO3. The first kappa shape index (κ1) is 7.94. The van der Waals surface area contributed by atoms with Gasteiger partial charge in [0, 0.05) is 12.2 Å². The van der Waals surface area contributed by atoms with E-state index in [0.717, 1.165) is 17.1 Å². The highest BCUT2D eigenvalue weighted by atomic mass is 35.5. The quantitative estimate of drug-likeness (QED) is 0.425. The third-order valence-corrected chi connectivity index (χ3v) is 1.30. The molecule has 0 unspecified atom stereocenters. The van der Waals surface area contributed by atoms with E-state index in [1.807, 2.05) is 0 Å². The molecule has 58 valence electrons. The molecule has 1 heterocycles. The minimum absolute atomic E-state index is 0.355. The summed E-state index contributed by atoms with van der Waals surface area (Å²) in [5.41, 5.74) is 0. The van der Waals surface area contributed by atoms with Gasteiger partial charge in [-0.1, -0.05) is 0 Å². The summed E-state index contributed by atoms with van der Waals surface area (Å²) >= 11 is 4.98. The van der Waals surface area contributed by atoms with E-state index in [1.165, 1.54) is 0 Å². The van der Waals surface area contributed by atoms with Crippen molar-refractivity contribution in [1.29, 1.82) is 0 Å². The maximum Gasteiger partial charge on any atom is 0.254 e. The molecule has 0 radical (unpaired) electrons. The average molecular weight is 174 g/mol. The molecule has 11 heavy (non-hydrogen) atoms. The fraction of sp³-hybridized carbons (Fsp3) is 0.167. The zero-order chi connectivity index (χ0) is 8.43. The number of rotatable bonds is 2. The van der Waals surface area contributed by atoms with Crippen LogP contribution in [0, 0.1) is 0 Å². The fourth-order valence-electron chi connectivity index (χ4n) is 0.711. The molecule has 4 nitrogen and oxygen atoms in total. The summed E-state index contributed by atoms with van der Waals surface area (Å²) in [5.74, 6) is -0.993. The number of nitrogens with zero attached hydrogens (tertiary/aromatic N) is 1. The molecule has 0 atom stereocenters. The zero-order valence-corrected chi connectivity index (χ0v) is 6.17. The maximum absolute atomic E-state index is 10.7. The molecule has 1 aliphatic heterocycles. The minimum atomic E-state index is -0.726. The fourth-order valence-corrected chi connectivity index (χ4v) is 0.831. The Kier molecular flexibility index (Phi) is 2.05. The van der Waals surface area contributed by atoms with E-state index < -0.39 is 17.1 Å². The first-order valence-electron chi connectivity index (χ1n) is 2.83. The molecule has 0 fully saturated rings. The molecule has 0 aromatic carbocycles. The summed E-state index contributed by atoms with van der Waals surface area (Å²) in [6.07, 6.45) is 2.20. The topological polar surface area (TPSA) is 54.5 Å². The van der Waals surface area contributed by atoms with Crippen molar-refractivity contribution in [2.45, 2.75) is 0 Å². The summed E-state index contributed by atoms with van der Waals surface area (Å²) in [6, 6.07) is 0. The molecule has 0 spiro atoms. The highest BCUT2D eigenvalue weighted by molar-refractivity contribution is 6.64. The third-order valence-electron chi connectivity index (χ3n) is 1.18. The van der Waals surface area contributed by atoms with Crippen molar-refractivity contribution >= 4 is 28.7 Å². The van der Waals surface area contributed by atoms with Gasteiger partial charge in [-0.25, -0.2) is 0 Å². The van der Waals surface area contributed by atoms with Gasteiger partial charge in [0.05, 0.1) is 0 Å². The Morgan fingerprint density at radius 2 is 1.82 bits per heavy atom. The summed E-state index contributed by atoms with van der Waals surface area (Å²) in [5, 5.41) is -0.726. The highest BCUT2D eigenvalue weighted by Crippen LogP contribution is 2.03. The Bertz CT molecular complexity index is 241. The van der Waals surface area contributed by atoms with Crippen LogP contribution in [0.5, 0.6) is 0 Å². The van der Waals surface area contributed by atoms with Crippen LogP contribution >= 0.6 is 11.6 Å². The molecule has 5 heteroatoms. The lowest BCUT2D eigenvalue weighted by molar-refractivity contribution is -0.139. The van der Waals surface area contributed by atoms with Gasteiger partial charge in [-0.05, 0) is 11.6 Å². The van der Waals surface area contributed by atoms with Crippen molar-refractivity contribution in [2.75, 3.05) is 6.54 Å². The molecule has 2 amide bonds. The van der Waals surface area contributed by atoms with Crippen LogP contribution in [0.1, 0.15) is 0 Å². The second-order valence-electron chi connectivity index (χ2n) is 1.95. The molecule has 0 bridgehead atoms. The predicted molar refractivity (Wildman–Crippen MR) is 36.7 cm³/mol. The monoisotopic (exact) mass is 173 g/mol. The van der Waals surface area contributed by atoms with Crippen molar-refractivity contribution in [2.24, 2.45) is 0 Å². The van der Waals surface area contributed by atoms with Gasteiger partial charge in [0.15, 0.2) is 0 Å². The zero-order valence-electron chi connectivity index (χ0n) is 5.41. The van der Waals surface area contributed by atoms with Crippen molar-refractivity contribution < 1.29 is 14.4 Å². The van der Waals surface area contributed by atoms with Crippen molar-refractivity contribution in [1.82, 2.24) is 4.90 Å². The highest BCUT2D eigenvalue weighted by Gasteiger charge is 2.24. The molecule has 0 aromatic rings. The Morgan fingerprint density at radius 3 is 2.18 bits per heavy atom. The van der Waals surface area contributed by atoms with Crippen molar-refractivity contribution in [3.63, 3.8) is 0 Å². The van der Waals surface area contributed by atoms with E-state index in [0.29, 0.717) is 0 Å². The molecular weight excluding hydrogens is 170 g/mol. The lowest BCUT2D eigenvalue weighted by Crippen LogP contribution is -2.33. The SMILES string of the molecule is O=C(Cl)CN1C(=O)C=CC1=O. The van der Waals surface area contributed by atoms with E-state index in [1.54, 1.807) is 0 Å². The second kappa shape index (κ2) is 2.84. The van der Waals surface area contributed by atoms with E-state index >= 15 is 0 Å². The van der Waals surface area contributed by atoms with Crippen LogP contribution in [0.25, 0.3) is 0 Å². The number of carbonyl (C=O) groups excluding carboxylic acids is 3. The lowest BCUT2D eigenvalue weighted by Gasteiger charge is -2.08. The van der Waals surface area contributed by atoms with Crippen LogP contribution in [0.15, 0.2) is 12.2 Å². The molecule has 1 rings (SSSR count). The van der Waals surface area contributed by atoms with Gasteiger partial charge in [-0.3, -0.25) is 19.3 Å². The van der Waals surface area contributed by atoms with Crippen LogP contribution in [-0.4, -0.2) is 28.5 Å². The Hall–Kier alpha value is -1.16. The van der Waals surface area contributed by atoms with Gasteiger partial charge in [0.2, 0.25) is 5.24 Å². The van der Waals surface area contributed by atoms with Crippen LogP contribution in [-0.2, 0) is 14.4 Å². The van der Waals surface area contributed by atoms with Crippen LogP contribution in [0.3, 0.4) is 0 Å². The van der Waals surface area contributed by atoms with E-state index in [9.17, 15) is 14.4 Å². The Labute approximate surface area is 67.4 Å². The summed E-state index contributed by atoms with van der Waals surface area (Å²) in [6.45, 7) is -0.355. The van der Waals surface area contributed by atoms with Crippen LogP contribution in [0.2, 0.25) is 0 Å². The standard InChI is InChI=1S/C6H4ClNO3/c7-4(9)3-8-5(10)1-2-6(8)11/h1-2H,3H2.